The number of anilines is 1. The van der Waals surface area contributed by atoms with Gasteiger partial charge in [-0.05, 0) is 12.1 Å². The second-order valence-corrected chi connectivity index (χ2v) is 3.86. The molecular formula is C11H13N3O3. The average Bonchev–Trinajstić information content (AvgIpc) is 2.39. The second-order valence-electron chi connectivity index (χ2n) is 3.86. The van der Waals surface area contributed by atoms with Crippen molar-refractivity contribution in [2.24, 2.45) is 0 Å². The van der Waals surface area contributed by atoms with Crippen LogP contribution in [-0.4, -0.2) is 37.4 Å². The molecule has 1 aliphatic heterocycles. The van der Waals surface area contributed by atoms with Crippen molar-refractivity contribution in [1.82, 2.24) is 5.32 Å². The Morgan fingerprint density at radius 1 is 1.35 bits per heavy atom. The third kappa shape index (κ3) is 2.42. The fraction of sp³-hybridized carbons (Fsp3) is 0.364. The van der Waals surface area contributed by atoms with Crippen molar-refractivity contribution >= 4 is 17.7 Å². The molecule has 0 aliphatic carbocycles. The molecule has 0 atom stereocenters. The Morgan fingerprint density at radius 3 is 2.65 bits per heavy atom. The average molecular weight is 235 g/mol. The lowest BCUT2D eigenvalue weighted by Crippen LogP contribution is -2.43. The van der Waals surface area contributed by atoms with E-state index in [-0.39, 0.29) is 11.3 Å². The molecule has 0 aromatic heterocycles. The molecular weight excluding hydrogens is 222 g/mol. The largest absolute Gasteiger partial charge is 0.369 e. The van der Waals surface area contributed by atoms with Gasteiger partial charge in [0.1, 0.15) is 0 Å². The Morgan fingerprint density at radius 2 is 2.06 bits per heavy atom. The third-order valence-corrected chi connectivity index (χ3v) is 2.82. The van der Waals surface area contributed by atoms with Gasteiger partial charge < -0.3 is 10.2 Å². The standard InChI is InChI=1S/C11H13N3O3/c15-8-9-1-2-10(7-11(9)14(16)17)13-5-3-12-4-6-13/h1-2,7-8,12H,3-6H2. The Bertz CT molecular complexity index is 442. The van der Waals surface area contributed by atoms with Crippen LogP contribution in [0, 0.1) is 10.1 Å². The molecule has 6 heteroatoms. The summed E-state index contributed by atoms with van der Waals surface area (Å²) in [6.07, 6.45) is 0.514. The first-order chi connectivity index (χ1) is 8.22. The monoisotopic (exact) mass is 235 g/mol. The van der Waals surface area contributed by atoms with Gasteiger partial charge in [0.2, 0.25) is 0 Å². The van der Waals surface area contributed by atoms with Crippen molar-refractivity contribution in [3.05, 3.63) is 33.9 Å². The van der Waals surface area contributed by atoms with E-state index in [1.807, 2.05) is 0 Å². The summed E-state index contributed by atoms with van der Waals surface area (Å²) >= 11 is 0. The van der Waals surface area contributed by atoms with Crippen LogP contribution < -0.4 is 10.2 Å². The van der Waals surface area contributed by atoms with Crippen molar-refractivity contribution in [3.8, 4) is 0 Å². The predicted molar refractivity (Wildman–Crippen MR) is 63.6 cm³/mol. The molecule has 1 aromatic rings. The number of carbonyl (C=O) groups excluding carboxylic acids is 1. The molecule has 1 fully saturated rings. The zero-order valence-corrected chi connectivity index (χ0v) is 9.26. The number of aldehydes is 1. The fourth-order valence-corrected chi connectivity index (χ4v) is 1.91. The topological polar surface area (TPSA) is 75.5 Å². The smallest absolute Gasteiger partial charge is 0.281 e. The normalized spacial score (nSPS) is 15.6. The maximum atomic E-state index is 10.8. The van der Waals surface area contributed by atoms with Crippen LogP contribution in [0.2, 0.25) is 0 Å². The lowest BCUT2D eigenvalue weighted by molar-refractivity contribution is -0.385. The lowest BCUT2D eigenvalue weighted by atomic mass is 10.1. The highest BCUT2D eigenvalue weighted by Gasteiger charge is 2.17. The number of carbonyl (C=O) groups is 1. The number of benzene rings is 1. The highest BCUT2D eigenvalue weighted by molar-refractivity contribution is 5.83. The van der Waals surface area contributed by atoms with E-state index in [4.69, 9.17) is 0 Å². The molecule has 1 N–H and O–H groups in total. The molecule has 0 radical (unpaired) electrons. The highest BCUT2D eigenvalue weighted by Crippen LogP contribution is 2.24. The van der Waals surface area contributed by atoms with E-state index in [1.54, 1.807) is 6.07 Å². The van der Waals surface area contributed by atoms with Gasteiger partial charge in [0, 0.05) is 37.9 Å². The Hall–Kier alpha value is -1.95. The molecule has 17 heavy (non-hydrogen) atoms. The SMILES string of the molecule is O=Cc1ccc(N2CCNCC2)cc1[N+](=O)[O-]. The van der Waals surface area contributed by atoms with Crippen LogP contribution in [-0.2, 0) is 0 Å². The molecule has 90 valence electrons. The number of nitrogens with zero attached hydrogens (tertiary/aromatic N) is 2. The fourth-order valence-electron chi connectivity index (χ4n) is 1.91. The number of nitrogens with one attached hydrogen (secondary N) is 1. The second kappa shape index (κ2) is 4.92. The van der Waals surface area contributed by atoms with Crippen LogP contribution in [0.5, 0.6) is 0 Å². The molecule has 2 rings (SSSR count). The zero-order chi connectivity index (χ0) is 12.3. The van der Waals surface area contributed by atoms with Crippen molar-refractivity contribution in [2.45, 2.75) is 0 Å². The molecule has 1 heterocycles. The van der Waals surface area contributed by atoms with Gasteiger partial charge in [0.15, 0.2) is 6.29 Å². The molecule has 1 saturated heterocycles. The summed E-state index contributed by atoms with van der Waals surface area (Å²) in [4.78, 5) is 23.1. The van der Waals surface area contributed by atoms with Crippen molar-refractivity contribution in [3.63, 3.8) is 0 Å². The number of hydrogen-bond donors (Lipinski definition) is 1. The highest BCUT2D eigenvalue weighted by atomic mass is 16.6. The molecule has 0 unspecified atom stereocenters. The molecule has 1 aromatic carbocycles. The zero-order valence-electron chi connectivity index (χ0n) is 9.26. The van der Waals surface area contributed by atoms with E-state index in [2.05, 4.69) is 10.2 Å². The molecule has 0 amide bonds. The van der Waals surface area contributed by atoms with Crippen molar-refractivity contribution in [1.29, 1.82) is 0 Å². The van der Waals surface area contributed by atoms with Crippen molar-refractivity contribution < 1.29 is 9.72 Å². The van der Waals surface area contributed by atoms with Gasteiger partial charge in [0.25, 0.3) is 5.69 Å². The summed E-state index contributed by atoms with van der Waals surface area (Å²) in [6.45, 7) is 3.36. The van der Waals surface area contributed by atoms with Gasteiger partial charge in [-0.15, -0.1) is 0 Å². The molecule has 0 saturated carbocycles. The van der Waals surface area contributed by atoms with Crippen LogP contribution in [0.15, 0.2) is 18.2 Å². The molecule has 1 aliphatic rings. The minimum absolute atomic E-state index is 0.119. The van der Waals surface area contributed by atoms with Crippen LogP contribution in [0.3, 0.4) is 0 Å². The van der Waals surface area contributed by atoms with Gasteiger partial charge in [-0.3, -0.25) is 14.9 Å². The minimum Gasteiger partial charge on any atom is -0.369 e. The summed E-state index contributed by atoms with van der Waals surface area (Å²) < 4.78 is 0. The van der Waals surface area contributed by atoms with E-state index < -0.39 is 4.92 Å². The van der Waals surface area contributed by atoms with Gasteiger partial charge in [-0.2, -0.15) is 0 Å². The number of rotatable bonds is 3. The molecule has 6 nitrogen and oxygen atoms in total. The van der Waals surface area contributed by atoms with E-state index >= 15 is 0 Å². The van der Waals surface area contributed by atoms with E-state index in [0.717, 1.165) is 31.9 Å². The Balaban J connectivity index is 2.32. The number of piperazine rings is 1. The number of hydrogen-bond acceptors (Lipinski definition) is 5. The Labute approximate surface area is 98.4 Å². The van der Waals surface area contributed by atoms with Crippen LogP contribution in [0.4, 0.5) is 11.4 Å². The quantitative estimate of drug-likeness (QED) is 0.477. The van der Waals surface area contributed by atoms with Crippen LogP contribution in [0.1, 0.15) is 10.4 Å². The Kier molecular flexibility index (Phi) is 3.34. The summed E-state index contributed by atoms with van der Waals surface area (Å²) in [5.74, 6) is 0. The third-order valence-electron chi connectivity index (χ3n) is 2.82. The van der Waals surface area contributed by atoms with Gasteiger partial charge in [0.05, 0.1) is 10.5 Å². The van der Waals surface area contributed by atoms with E-state index in [0.29, 0.717) is 6.29 Å². The lowest BCUT2D eigenvalue weighted by Gasteiger charge is -2.29. The van der Waals surface area contributed by atoms with Crippen molar-refractivity contribution in [2.75, 3.05) is 31.1 Å². The van der Waals surface area contributed by atoms with Crippen LogP contribution in [0.25, 0.3) is 0 Å². The van der Waals surface area contributed by atoms with E-state index in [1.165, 1.54) is 12.1 Å². The van der Waals surface area contributed by atoms with E-state index in [9.17, 15) is 14.9 Å². The number of nitro groups is 1. The van der Waals surface area contributed by atoms with Gasteiger partial charge in [-0.1, -0.05) is 0 Å². The molecule has 0 bridgehead atoms. The first kappa shape index (κ1) is 11.5. The number of nitro benzene ring substituents is 1. The van der Waals surface area contributed by atoms with Gasteiger partial charge in [-0.25, -0.2) is 0 Å². The van der Waals surface area contributed by atoms with Crippen LogP contribution >= 0.6 is 0 Å². The maximum Gasteiger partial charge on any atom is 0.281 e. The minimum atomic E-state index is -0.518. The predicted octanol–water partition coefficient (Wildman–Crippen LogP) is 0.817. The molecule has 0 spiro atoms. The first-order valence-electron chi connectivity index (χ1n) is 5.41. The van der Waals surface area contributed by atoms with Gasteiger partial charge >= 0.3 is 0 Å². The summed E-state index contributed by atoms with van der Waals surface area (Å²) in [7, 11) is 0. The summed E-state index contributed by atoms with van der Waals surface area (Å²) in [6, 6.07) is 4.72. The summed E-state index contributed by atoms with van der Waals surface area (Å²) in [5, 5.41) is 14.0. The first-order valence-corrected chi connectivity index (χ1v) is 5.41. The maximum absolute atomic E-state index is 10.8. The summed E-state index contributed by atoms with van der Waals surface area (Å²) in [5.41, 5.74) is 0.786.